The van der Waals surface area contributed by atoms with Crippen LogP contribution in [-0.4, -0.2) is 66.6 Å². The van der Waals surface area contributed by atoms with Gasteiger partial charge < -0.3 is 19.7 Å². The molecule has 4 rings (SSSR count). The number of nitrogens with zero attached hydrogens (tertiary/aromatic N) is 2. The van der Waals surface area contributed by atoms with Crippen molar-refractivity contribution in [1.29, 1.82) is 0 Å². The smallest absolute Gasteiger partial charge is 0.325 e. The van der Waals surface area contributed by atoms with Crippen molar-refractivity contribution in [3.63, 3.8) is 0 Å². The van der Waals surface area contributed by atoms with Crippen LogP contribution < -0.4 is 10.1 Å². The summed E-state index contributed by atoms with van der Waals surface area (Å²) in [7, 11) is 1.61. The van der Waals surface area contributed by atoms with E-state index in [4.69, 9.17) is 9.47 Å². The van der Waals surface area contributed by atoms with E-state index < -0.39 is 5.54 Å². The molecule has 3 saturated heterocycles. The Morgan fingerprint density at radius 1 is 1.18 bits per heavy atom. The van der Waals surface area contributed by atoms with Crippen molar-refractivity contribution >= 4 is 17.8 Å². The van der Waals surface area contributed by atoms with E-state index in [2.05, 4.69) is 5.32 Å². The average molecular weight is 387 g/mol. The highest BCUT2D eigenvalue weighted by Crippen LogP contribution is 2.30. The number of carbonyl (C=O) groups excluding carboxylic acids is 3. The Kier molecular flexibility index (Phi) is 4.97. The topological polar surface area (TPSA) is 88.2 Å². The van der Waals surface area contributed by atoms with Crippen LogP contribution in [0.15, 0.2) is 24.3 Å². The minimum atomic E-state index is -0.819. The molecule has 28 heavy (non-hydrogen) atoms. The van der Waals surface area contributed by atoms with Gasteiger partial charge in [0.25, 0.3) is 5.91 Å². The van der Waals surface area contributed by atoms with Crippen molar-refractivity contribution in [2.24, 2.45) is 5.92 Å². The second-order valence-electron chi connectivity index (χ2n) is 7.73. The molecule has 150 valence electrons. The Balaban J connectivity index is 1.37. The third kappa shape index (κ3) is 3.44. The van der Waals surface area contributed by atoms with E-state index in [1.54, 1.807) is 12.0 Å². The van der Waals surface area contributed by atoms with E-state index in [-0.39, 0.29) is 30.3 Å². The Bertz CT molecular complexity index is 773. The lowest BCUT2D eigenvalue weighted by atomic mass is 9.90. The highest BCUT2D eigenvalue weighted by Gasteiger charge is 2.52. The predicted octanol–water partition coefficient (Wildman–Crippen LogP) is 1.14. The summed E-state index contributed by atoms with van der Waals surface area (Å²) in [5.41, 5.74) is 0.201. The van der Waals surface area contributed by atoms with Gasteiger partial charge in [-0.25, -0.2) is 4.79 Å². The SMILES string of the molecule is COc1ccc(CN2CC(CN3C(=O)NC4(CCOCC4)C3=O)CC2=O)cc1. The van der Waals surface area contributed by atoms with Gasteiger partial charge in [0.2, 0.25) is 5.91 Å². The van der Waals surface area contributed by atoms with Crippen LogP contribution >= 0.6 is 0 Å². The fourth-order valence-corrected chi connectivity index (χ4v) is 4.24. The molecule has 0 radical (unpaired) electrons. The van der Waals surface area contributed by atoms with Gasteiger partial charge in [0.1, 0.15) is 11.3 Å². The van der Waals surface area contributed by atoms with Gasteiger partial charge in [-0.2, -0.15) is 0 Å². The van der Waals surface area contributed by atoms with Crippen molar-refractivity contribution < 1.29 is 23.9 Å². The quantitative estimate of drug-likeness (QED) is 0.766. The van der Waals surface area contributed by atoms with Gasteiger partial charge in [0.05, 0.1) is 7.11 Å². The first-order valence-electron chi connectivity index (χ1n) is 9.63. The summed E-state index contributed by atoms with van der Waals surface area (Å²) in [6.07, 6.45) is 1.35. The van der Waals surface area contributed by atoms with Crippen LogP contribution in [0, 0.1) is 5.92 Å². The van der Waals surface area contributed by atoms with Crippen molar-refractivity contribution in [3.05, 3.63) is 29.8 Å². The molecule has 1 aromatic rings. The molecular weight excluding hydrogens is 362 g/mol. The number of hydrogen-bond donors (Lipinski definition) is 1. The van der Waals surface area contributed by atoms with Crippen molar-refractivity contribution in [2.75, 3.05) is 33.4 Å². The molecule has 4 amide bonds. The largest absolute Gasteiger partial charge is 0.497 e. The molecule has 3 heterocycles. The number of rotatable bonds is 5. The molecular formula is C20H25N3O5. The molecule has 8 nitrogen and oxygen atoms in total. The normalized spacial score (nSPS) is 24.2. The number of hydrogen-bond acceptors (Lipinski definition) is 5. The van der Waals surface area contributed by atoms with E-state index in [0.29, 0.717) is 45.6 Å². The molecule has 0 bridgehead atoms. The molecule has 1 atom stereocenters. The maximum absolute atomic E-state index is 12.9. The van der Waals surface area contributed by atoms with Crippen LogP contribution in [0.1, 0.15) is 24.8 Å². The molecule has 1 unspecified atom stereocenters. The molecule has 1 N–H and O–H groups in total. The van der Waals surface area contributed by atoms with Crippen LogP contribution in [0.25, 0.3) is 0 Å². The van der Waals surface area contributed by atoms with Crippen molar-refractivity contribution in [3.8, 4) is 5.75 Å². The first kappa shape index (κ1) is 18.7. The van der Waals surface area contributed by atoms with Gasteiger partial charge in [0.15, 0.2) is 0 Å². The highest BCUT2D eigenvalue weighted by molar-refractivity contribution is 6.07. The Morgan fingerprint density at radius 2 is 1.89 bits per heavy atom. The second kappa shape index (κ2) is 7.43. The van der Waals surface area contributed by atoms with Gasteiger partial charge >= 0.3 is 6.03 Å². The van der Waals surface area contributed by atoms with Gasteiger partial charge in [-0.15, -0.1) is 0 Å². The molecule has 0 aliphatic carbocycles. The number of carbonyl (C=O) groups is 3. The molecule has 8 heteroatoms. The zero-order valence-electron chi connectivity index (χ0n) is 16.0. The summed E-state index contributed by atoms with van der Waals surface area (Å²) >= 11 is 0. The standard InChI is InChI=1S/C20H25N3O5/c1-27-16-4-2-14(3-5-16)11-22-12-15(10-17(22)24)13-23-18(25)20(21-19(23)26)6-8-28-9-7-20/h2-5,15H,6-13H2,1H3,(H,21,26). The van der Waals surface area contributed by atoms with Crippen LogP contribution in [0.2, 0.25) is 0 Å². The minimum absolute atomic E-state index is 0.0459. The zero-order valence-corrected chi connectivity index (χ0v) is 16.0. The fraction of sp³-hybridized carbons (Fsp3) is 0.550. The Labute approximate surface area is 163 Å². The lowest BCUT2D eigenvalue weighted by molar-refractivity contribution is -0.135. The summed E-state index contributed by atoms with van der Waals surface area (Å²) in [6, 6.07) is 7.26. The number of ether oxygens (including phenoxy) is 2. The van der Waals surface area contributed by atoms with E-state index in [1.165, 1.54) is 4.90 Å². The van der Waals surface area contributed by atoms with Crippen molar-refractivity contribution in [1.82, 2.24) is 15.1 Å². The van der Waals surface area contributed by atoms with E-state index in [0.717, 1.165) is 11.3 Å². The predicted molar refractivity (Wildman–Crippen MR) is 99.5 cm³/mol. The summed E-state index contributed by atoms with van der Waals surface area (Å²) in [5.74, 6) is 0.598. The molecule has 1 aromatic carbocycles. The molecule has 3 fully saturated rings. The third-order valence-electron chi connectivity index (χ3n) is 5.86. The number of imide groups is 1. The molecule has 0 aromatic heterocycles. The van der Waals surface area contributed by atoms with E-state index in [1.807, 2.05) is 24.3 Å². The third-order valence-corrected chi connectivity index (χ3v) is 5.86. The van der Waals surface area contributed by atoms with Crippen molar-refractivity contribution in [2.45, 2.75) is 31.3 Å². The maximum atomic E-state index is 12.9. The first-order chi connectivity index (χ1) is 13.5. The molecule has 0 saturated carbocycles. The lowest BCUT2D eigenvalue weighted by Gasteiger charge is -2.30. The number of benzene rings is 1. The number of methoxy groups -OCH3 is 1. The second-order valence-corrected chi connectivity index (χ2v) is 7.73. The maximum Gasteiger partial charge on any atom is 0.325 e. The first-order valence-corrected chi connectivity index (χ1v) is 9.63. The summed E-state index contributed by atoms with van der Waals surface area (Å²) < 4.78 is 10.5. The van der Waals surface area contributed by atoms with Crippen LogP contribution in [0.5, 0.6) is 5.75 Å². The molecule has 3 aliphatic rings. The zero-order chi connectivity index (χ0) is 19.7. The number of nitrogens with one attached hydrogen (secondary N) is 1. The fourth-order valence-electron chi connectivity index (χ4n) is 4.24. The number of urea groups is 1. The van der Waals surface area contributed by atoms with Gasteiger partial charge in [0, 0.05) is 58.0 Å². The van der Waals surface area contributed by atoms with Crippen LogP contribution in [0.4, 0.5) is 4.79 Å². The Morgan fingerprint density at radius 3 is 2.57 bits per heavy atom. The number of likely N-dealkylation sites (tertiary alicyclic amines) is 1. The van der Waals surface area contributed by atoms with Gasteiger partial charge in [-0.3, -0.25) is 14.5 Å². The van der Waals surface area contributed by atoms with Gasteiger partial charge in [-0.1, -0.05) is 12.1 Å². The highest BCUT2D eigenvalue weighted by atomic mass is 16.5. The molecule has 3 aliphatic heterocycles. The minimum Gasteiger partial charge on any atom is -0.497 e. The summed E-state index contributed by atoms with van der Waals surface area (Å²) in [6.45, 7) is 2.27. The lowest BCUT2D eigenvalue weighted by Crippen LogP contribution is -2.51. The van der Waals surface area contributed by atoms with Crippen LogP contribution in [-0.2, 0) is 20.9 Å². The van der Waals surface area contributed by atoms with Crippen LogP contribution in [0.3, 0.4) is 0 Å². The van der Waals surface area contributed by atoms with E-state index in [9.17, 15) is 14.4 Å². The molecule has 1 spiro atoms. The summed E-state index contributed by atoms with van der Waals surface area (Å²) in [4.78, 5) is 40.8. The van der Waals surface area contributed by atoms with Gasteiger partial charge in [-0.05, 0) is 17.7 Å². The number of amides is 4. The average Bonchev–Trinajstić information content (AvgIpc) is 3.15. The van der Waals surface area contributed by atoms with E-state index >= 15 is 0 Å². The Hall–Kier alpha value is -2.61. The monoisotopic (exact) mass is 387 g/mol. The summed E-state index contributed by atoms with van der Waals surface area (Å²) in [5, 5.41) is 2.86.